The number of benzene rings is 1. The number of ether oxygens (including phenoxy) is 1. The van der Waals surface area contributed by atoms with Gasteiger partial charge in [-0.15, -0.1) is 0 Å². The molecule has 0 aromatic heterocycles. The van der Waals surface area contributed by atoms with Crippen LogP contribution in [0.5, 0.6) is 5.75 Å². The minimum absolute atomic E-state index is 0.0950. The molecule has 1 aromatic carbocycles. The van der Waals surface area contributed by atoms with Gasteiger partial charge in [0.05, 0.1) is 5.69 Å². The highest BCUT2D eigenvalue weighted by Crippen LogP contribution is 2.24. The average molecular weight is 179 g/mol. The number of anilines is 1. The lowest BCUT2D eigenvalue weighted by atomic mass is 10.2. The van der Waals surface area contributed by atoms with Crippen molar-refractivity contribution in [2.24, 2.45) is 0 Å². The molecule has 0 aliphatic carbocycles. The number of carbonyl (C=O) groups excluding carboxylic acids is 1. The van der Waals surface area contributed by atoms with Crippen LogP contribution in [0.15, 0.2) is 18.2 Å². The third-order valence-electron chi connectivity index (χ3n) is 1.71. The van der Waals surface area contributed by atoms with Crippen molar-refractivity contribution in [3.8, 4) is 5.75 Å². The molecule has 0 aliphatic rings. The molecule has 0 saturated carbocycles. The Bertz CT molecular complexity index is 297. The maximum absolute atomic E-state index is 10.1. The van der Waals surface area contributed by atoms with Crippen LogP contribution >= 0.6 is 0 Å². The van der Waals surface area contributed by atoms with Crippen LogP contribution in [0, 0.1) is 6.92 Å². The molecular weight excluding hydrogens is 166 g/mol. The Morgan fingerprint density at radius 3 is 2.92 bits per heavy atom. The van der Waals surface area contributed by atoms with Crippen molar-refractivity contribution in [2.75, 3.05) is 19.0 Å². The summed E-state index contributed by atoms with van der Waals surface area (Å²) in [5.41, 5.74) is 2.06. The van der Waals surface area contributed by atoms with Crippen LogP contribution in [0.4, 0.5) is 5.69 Å². The minimum atomic E-state index is 0.0950. The van der Waals surface area contributed by atoms with Crippen molar-refractivity contribution in [3.05, 3.63) is 23.8 Å². The molecule has 0 radical (unpaired) electrons. The Morgan fingerprint density at radius 1 is 1.54 bits per heavy atom. The van der Waals surface area contributed by atoms with E-state index in [1.807, 2.05) is 32.2 Å². The Balaban J connectivity index is 2.85. The second-order valence-corrected chi connectivity index (χ2v) is 2.73. The van der Waals surface area contributed by atoms with Crippen LogP contribution in [0.1, 0.15) is 5.56 Å². The van der Waals surface area contributed by atoms with Crippen LogP contribution < -0.4 is 10.1 Å². The van der Waals surface area contributed by atoms with Crippen LogP contribution in [0.3, 0.4) is 0 Å². The van der Waals surface area contributed by atoms with Gasteiger partial charge in [0, 0.05) is 7.05 Å². The molecule has 0 aliphatic heterocycles. The van der Waals surface area contributed by atoms with Crippen molar-refractivity contribution < 1.29 is 9.53 Å². The first-order valence-corrected chi connectivity index (χ1v) is 4.12. The largest absolute Gasteiger partial charge is 0.484 e. The highest BCUT2D eigenvalue weighted by atomic mass is 16.5. The van der Waals surface area contributed by atoms with Gasteiger partial charge in [-0.3, -0.25) is 4.79 Å². The molecule has 1 aromatic rings. The summed E-state index contributed by atoms with van der Waals surface area (Å²) < 4.78 is 5.20. The van der Waals surface area contributed by atoms with Gasteiger partial charge in [-0.2, -0.15) is 0 Å². The third-order valence-corrected chi connectivity index (χ3v) is 1.71. The van der Waals surface area contributed by atoms with Gasteiger partial charge in [-0.25, -0.2) is 0 Å². The summed E-state index contributed by atoms with van der Waals surface area (Å²) in [6.45, 7) is 2.10. The molecule has 1 rings (SSSR count). The van der Waals surface area contributed by atoms with E-state index in [0.717, 1.165) is 17.5 Å². The number of hydrogen-bond donors (Lipinski definition) is 1. The summed E-state index contributed by atoms with van der Waals surface area (Å²) in [5.74, 6) is 0.709. The second-order valence-electron chi connectivity index (χ2n) is 2.73. The molecule has 1 N–H and O–H groups in total. The first-order chi connectivity index (χ1) is 6.27. The van der Waals surface area contributed by atoms with E-state index in [2.05, 4.69) is 5.32 Å². The zero-order valence-electron chi connectivity index (χ0n) is 7.83. The SMILES string of the molecule is CNc1cc(C)ccc1OCC=O. The van der Waals surface area contributed by atoms with Crippen molar-refractivity contribution in [3.63, 3.8) is 0 Å². The maximum Gasteiger partial charge on any atom is 0.157 e. The van der Waals surface area contributed by atoms with Crippen LogP contribution in [0.2, 0.25) is 0 Å². The monoisotopic (exact) mass is 179 g/mol. The van der Waals surface area contributed by atoms with Crippen molar-refractivity contribution >= 4 is 12.0 Å². The first kappa shape index (κ1) is 9.58. The molecule has 0 saturated heterocycles. The van der Waals surface area contributed by atoms with E-state index < -0.39 is 0 Å². The molecule has 0 fully saturated rings. The highest BCUT2D eigenvalue weighted by Gasteiger charge is 2.00. The van der Waals surface area contributed by atoms with Gasteiger partial charge in [0.25, 0.3) is 0 Å². The lowest BCUT2D eigenvalue weighted by Gasteiger charge is -2.09. The lowest BCUT2D eigenvalue weighted by molar-refractivity contribution is -0.109. The lowest BCUT2D eigenvalue weighted by Crippen LogP contribution is -2.01. The normalized spacial score (nSPS) is 9.38. The summed E-state index contributed by atoms with van der Waals surface area (Å²) in [7, 11) is 1.82. The summed E-state index contributed by atoms with van der Waals surface area (Å²) in [6.07, 6.45) is 0.735. The van der Waals surface area contributed by atoms with E-state index in [-0.39, 0.29) is 6.61 Å². The fourth-order valence-electron chi connectivity index (χ4n) is 1.09. The van der Waals surface area contributed by atoms with E-state index in [0.29, 0.717) is 5.75 Å². The Kier molecular flexibility index (Phi) is 3.31. The molecule has 0 bridgehead atoms. The molecule has 13 heavy (non-hydrogen) atoms. The summed E-state index contributed by atoms with van der Waals surface area (Å²) >= 11 is 0. The van der Waals surface area contributed by atoms with E-state index in [4.69, 9.17) is 4.74 Å². The molecule has 0 unspecified atom stereocenters. The van der Waals surface area contributed by atoms with Gasteiger partial charge in [0.1, 0.15) is 12.4 Å². The van der Waals surface area contributed by atoms with Gasteiger partial charge < -0.3 is 10.1 Å². The number of nitrogens with one attached hydrogen (secondary N) is 1. The molecule has 70 valence electrons. The zero-order valence-corrected chi connectivity index (χ0v) is 7.83. The van der Waals surface area contributed by atoms with Crippen LogP contribution in [-0.2, 0) is 4.79 Å². The highest BCUT2D eigenvalue weighted by molar-refractivity contribution is 5.59. The Labute approximate surface area is 77.7 Å². The van der Waals surface area contributed by atoms with Crippen molar-refractivity contribution in [1.82, 2.24) is 0 Å². The predicted molar refractivity (Wildman–Crippen MR) is 52.3 cm³/mol. The number of aldehydes is 1. The second kappa shape index (κ2) is 4.50. The van der Waals surface area contributed by atoms with Gasteiger partial charge in [-0.05, 0) is 24.6 Å². The molecule has 0 heterocycles. The fraction of sp³-hybridized carbons (Fsp3) is 0.300. The van der Waals surface area contributed by atoms with E-state index >= 15 is 0 Å². The van der Waals surface area contributed by atoms with Crippen molar-refractivity contribution in [2.45, 2.75) is 6.92 Å². The van der Waals surface area contributed by atoms with Gasteiger partial charge in [0.15, 0.2) is 6.29 Å². The standard InChI is InChI=1S/C10H13NO2/c1-8-3-4-10(13-6-5-12)9(7-8)11-2/h3-5,7,11H,6H2,1-2H3. The molecule has 3 heteroatoms. The smallest absolute Gasteiger partial charge is 0.157 e. The molecular formula is C10H13NO2. The molecule has 0 amide bonds. The molecule has 3 nitrogen and oxygen atoms in total. The van der Waals surface area contributed by atoms with Gasteiger partial charge in [0.2, 0.25) is 0 Å². The summed E-state index contributed by atoms with van der Waals surface area (Å²) in [6, 6.07) is 5.77. The van der Waals surface area contributed by atoms with Crippen LogP contribution in [-0.4, -0.2) is 19.9 Å². The van der Waals surface area contributed by atoms with Gasteiger partial charge in [-0.1, -0.05) is 6.07 Å². The van der Waals surface area contributed by atoms with Gasteiger partial charge >= 0.3 is 0 Å². The minimum Gasteiger partial charge on any atom is -0.484 e. The van der Waals surface area contributed by atoms with E-state index in [9.17, 15) is 4.79 Å². The third kappa shape index (κ3) is 2.47. The topological polar surface area (TPSA) is 38.3 Å². The Hall–Kier alpha value is -1.51. The average Bonchev–Trinajstić information content (AvgIpc) is 2.16. The molecule has 0 atom stereocenters. The van der Waals surface area contributed by atoms with Crippen LogP contribution in [0.25, 0.3) is 0 Å². The number of carbonyl (C=O) groups is 1. The summed E-state index contributed by atoms with van der Waals surface area (Å²) in [4.78, 5) is 10.1. The predicted octanol–water partition coefficient (Wildman–Crippen LogP) is 1.61. The zero-order chi connectivity index (χ0) is 9.68. The maximum atomic E-state index is 10.1. The van der Waals surface area contributed by atoms with E-state index in [1.54, 1.807) is 0 Å². The quantitative estimate of drug-likeness (QED) is 0.714. The number of rotatable bonds is 4. The van der Waals surface area contributed by atoms with Crippen molar-refractivity contribution in [1.29, 1.82) is 0 Å². The van der Waals surface area contributed by atoms with E-state index in [1.165, 1.54) is 0 Å². The first-order valence-electron chi connectivity index (χ1n) is 4.12. The molecule has 0 spiro atoms. The Morgan fingerprint density at radius 2 is 2.31 bits per heavy atom. The summed E-state index contributed by atoms with van der Waals surface area (Å²) in [5, 5.41) is 3.00. The fourth-order valence-corrected chi connectivity index (χ4v) is 1.09. The number of aryl methyl sites for hydroxylation is 1. The number of hydrogen-bond acceptors (Lipinski definition) is 3.